The number of benzene rings is 2. The number of hydrogen-bond donors (Lipinski definition) is 1. The lowest BCUT2D eigenvalue weighted by Crippen LogP contribution is -2.13. The third kappa shape index (κ3) is 2.39. The summed E-state index contributed by atoms with van der Waals surface area (Å²) in [5.74, 6) is 0.836. The number of rotatable bonds is 3. The standard InChI is InChI=1S/C16H19NO/c1-11-8-9-13(10-12(11)2)16(17)14-6-4-5-7-15(14)18-3/h4-10,16H,17H2,1-3H3. The van der Waals surface area contributed by atoms with Crippen molar-refractivity contribution >= 4 is 0 Å². The first-order chi connectivity index (χ1) is 8.63. The van der Waals surface area contributed by atoms with Crippen molar-refractivity contribution in [2.75, 3.05) is 7.11 Å². The van der Waals surface area contributed by atoms with Crippen LogP contribution in [0.1, 0.15) is 28.3 Å². The summed E-state index contributed by atoms with van der Waals surface area (Å²) in [5.41, 5.74) is 11.0. The Morgan fingerprint density at radius 3 is 2.39 bits per heavy atom. The molecule has 0 fully saturated rings. The summed E-state index contributed by atoms with van der Waals surface area (Å²) in [7, 11) is 1.67. The average molecular weight is 241 g/mol. The predicted molar refractivity (Wildman–Crippen MR) is 74.9 cm³/mol. The summed E-state index contributed by atoms with van der Waals surface area (Å²) in [6, 6.07) is 14.1. The second-order valence-corrected chi connectivity index (χ2v) is 4.56. The first-order valence-electron chi connectivity index (χ1n) is 6.09. The summed E-state index contributed by atoms with van der Waals surface area (Å²) >= 11 is 0. The van der Waals surface area contributed by atoms with Crippen LogP contribution < -0.4 is 10.5 Å². The molecule has 94 valence electrons. The Labute approximate surface area is 108 Å². The fraction of sp³-hybridized carbons (Fsp3) is 0.250. The fourth-order valence-corrected chi connectivity index (χ4v) is 2.06. The summed E-state index contributed by atoms with van der Waals surface area (Å²) < 4.78 is 5.36. The predicted octanol–water partition coefficient (Wildman–Crippen LogP) is 3.36. The van der Waals surface area contributed by atoms with Crippen molar-refractivity contribution < 1.29 is 4.74 Å². The van der Waals surface area contributed by atoms with Crippen LogP contribution in [0.2, 0.25) is 0 Å². The molecule has 2 N–H and O–H groups in total. The van der Waals surface area contributed by atoms with Crippen molar-refractivity contribution in [1.82, 2.24) is 0 Å². The molecule has 0 heterocycles. The van der Waals surface area contributed by atoms with Gasteiger partial charge in [-0.2, -0.15) is 0 Å². The van der Waals surface area contributed by atoms with E-state index in [0.717, 1.165) is 16.9 Å². The molecule has 2 aromatic carbocycles. The van der Waals surface area contributed by atoms with Gasteiger partial charge in [0.15, 0.2) is 0 Å². The van der Waals surface area contributed by atoms with Crippen molar-refractivity contribution in [2.45, 2.75) is 19.9 Å². The molecule has 0 aromatic heterocycles. The Kier molecular flexibility index (Phi) is 3.68. The summed E-state index contributed by atoms with van der Waals surface area (Å²) in [4.78, 5) is 0. The molecule has 0 bridgehead atoms. The number of hydrogen-bond acceptors (Lipinski definition) is 2. The Balaban J connectivity index is 2.41. The first-order valence-corrected chi connectivity index (χ1v) is 6.09. The zero-order valence-corrected chi connectivity index (χ0v) is 11.1. The quantitative estimate of drug-likeness (QED) is 0.894. The van der Waals surface area contributed by atoms with Gasteiger partial charge in [-0.25, -0.2) is 0 Å². The molecule has 0 aliphatic carbocycles. The highest BCUT2D eigenvalue weighted by Crippen LogP contribution is 2.28. The van der Waals surface area contributed by atoms with Crippen LogP contribution >= 0.6 is 0 Å². The van der Waals surface area contributed by atoms with Gasteiger partial charge < -0.3 is 10.5 Å². The van der Waals surface area contributed by atoms with Crippen molar-refractivity contribution in [2.24, 2.45) is 5.73 Å². The van der Waals surface area contributed by atoms with Crippen molar-refractivity contribution in [3.63, 3.8) is 0 Å². The van der Waals surface area contributed by atoms with E-state index in [4.69, 9.17) is 10.5 Å². The molecule has 0 amide bonds. The van der Waals surface area contributed by atoms with Gasteiger partial charge in [-0.15, -0.1) is 0 Å². The van der Waals surface area contributed by atoms with E-state index >= 15 is 0 Å². The maximum atomic E-state index is 6.33. The molecule has 1 atom stereocenters. The Hall–Kier alpha value is -1.80. The van der Waals surface area contributed by atoms with E-state index in [1.165, 1.54) is 11.1 Å². The van der Waals surface area contributed by atoms with E-state index in [1.807, 2.05) is 24.3 Å². The molecular weight excluding hydrogens is 222 g/mol. The number of nitrogens with two attached hydrogens (primary N) is 1. The minimum Gasteiger partial charge on any atom is -0.496 e. The fourth-order valence-electron chi connectivity index (χ4n) is 2.06. The molecule has 0 saturated carbocycles. The zero-order valence-electron chi connectivity index (χ0n) is 11.1. The molecule has 0 aliphatic heterocycles. The molecule has 18 heavy (non-hydrogen) atoms. The minimum atomic E-state index is -0.152. The van der Waals surface area contributed by atoms with Crippen LogP contribution in [0.3, 0.4) is 0 Å². The van der Waals surface area contributed by atoms with Crippen LogP contribution in [-0.2, 0) is 0 Å². The van der Waals surface area contributed by atoms with Gasteiger partial charge >= 0.3 is 0 Å². The van der Waals surface area contributed by atoms with Gasteiger partial charge in [-0.1, -0.05) is 36.4 Å². The van der Waals surface area contributed by atoms with Crippen molar-refractivity contribution in [3.05, 3.63) is 64.7 Å². The smallest absolute Gasteiger partial charge is 0.123 e. The van der Waals surface area contributed by atoms with Crippen molar-refractivity contribution in [1.29, 1.82) is 0 Å². The maximum Gasteiger partial charge on any atom is 0.123 e. The van der Waals surface area contributed by atoms with Gasteiger partial charge in [0.05, 0.1) is 13.2 Å². The zero-order chi connectivity index (χ0) is 13.1. The second kappa shape index (κ2) is 5.23. The molecule has 2 nitrogen and oxygen atoms in total. The number of para-hydroxylation sites is 1. The summed E-state index contributed by atoms with van der Waals surface area (Å²) in [6.07, 6.45) is 0. The minimum absolute atomic E-state index is 0.152. The highest BCUT2D eigenvalue weighted by atomic mass is 16.5. The topological polar surface area (TPSA) is 35.2 Å². The number of methoxy groups -OCH3 is 1. The van der Waals surface area contributed by atoms with Gasteiger partial charge in [0.2, 0.25) is 0 Å². The van der Waals surface area contributed by atoms with Crippen LogP contribution in [0.4, 0.5) is 0 Å². The lowest BCUT2D eigenvalue weighted by molar-refractivity contribution is 0.408. The van der Waals surface area contributed by atoms with Gasteiger partial charge in [-0.05, 0) is 36.6 Å². The van der Waals surface area contributed by atoms with E-state index in [2.05, 4.69) is 32.0 Å². The van der Waals surface area contributed by atoms with Crippen LogP contribution in [0, 0.1) is 13.8 Å². The lowest BCUT2D eigenvalue weighted by Gasteiger charge is -2.17. The van der Waals surface area contributed by atoms with Crippen LogP contribution in [-0.4, -0.2) is 7.11 Å². The second-order valence-electron chi connectivity index (χ2n) is 4.56. The van der Waals surface area contributed by atoms with Crippen LogP contribution in [0.15, 0.2) is 42.5 Å². The Morgan fingerprint density at radius 2 is 1.72 bits per heavy atom. The third-order valence-electron chi connectivity index (χ3n) is 3.36. The lowest BCUT2D eigenvalue weighted by atomic mass is 9.96. The maximum absolute atomic E-state index is 6.33. The number of aryl methyl sites for hydroxylation is 2. The highest BCUT2D eigenvalue weighted by Gasteiger charge is 2.13. The Bertz CT molecular complexity index is 549. The van der Waals surface area contributed by atoms with E-state index in [0.29, 0.717) is 0 Å². The van der Waals surface area contributed by atoms with Gasteiger partial charge in [-0.3, -0.25) is 0 Å². The highest BCUT2D eigenvalue weighted by molar-refractivity contribution is 5.43. The van der Waals surface area contributed by atoms with E-state index in [9.17, 15) is 0 Å². The third-order valence-corrected chi connectivity index (χ3v) is 3.36. The molecule has 0 radical (unpaired) electrons. The van der Waals surface area contributed by atoms with Crippen molar-refractivity contribution in [3.8, 4) is 5.75 Å². The molecule has 0 aliphatic rings. The monoisotopic (exact) mass is 241 g/mol. The molecule has 2 rings (SSSR count). The van der Waals surface area contributed by atoms with E-state index in [-0.39, 0.29) is 6.04 Å². The first kappa shape index (κ1) is 12.7. The van der Waals surface area contributed by atoms with Gasteiger partial charge in [0, 0.05) is 5.56 Å². The van der Waals surface area contributed by atoms with Gasteiger partial charge in [0.1, 0.15) is 5.75 Å². The molecule has 0 spiro atoms. The van der Waals surface area contributed by atoms with Gasteiger partial charge in [0.25, 0.3) is 0 Å². The summed E-state index contributed by atoms with van der Waals surface area (Å²) in [6.45, 7) is 4.21. The van der Waals surface area contributed by atoms with Crippen LogP contribution in [0.5, 0.6) is 5.75 Å². The largest absolute Gasteiger partial charge is 0.496 e. The van der Waals surface area contributed by atoms with E-state index in [1.54, 1.807) is 7.11 Å². The number of ether oxygens (including phenoxy) is 1. The normalized spacial score (nSPS) is 12.2. The molecule has 2 heteroatoms. The van der Waals surface area contributed by atoms with Crippen LogP contribution in [0.25, 0.3) is 0 Å². The molecule has 1 unspecified atom stereocenters. The SMILES string of the molecule is COc1ccccc1C(N)c1ccc(C)c(C)c1. The summed E-state index contributed by atoms with van der Waals surface area (Å²) in [5, 5.41) is 0. The molecular formula is C16H19NO. The Morgan fingerprint density at radius 1 is 1.00 bits per heavy atom. The molecule has 0 saturated heterocycles. The molecule has 2 aromatic rings. The van der Waals surface area contributed by atoms with E-state index < -0.39 is 0 Å². The average Bonchev–Trinajstić information content (AvgIpc) is 2.41.